The molecule has 0 N–H and O–H groups in total. The van der Waals surface area contributed by atoms with Gasteiger partial charge in [0.05, 0.1) is 12.6 Å². The molecule has 1 saturated heterocycles. The minimum absolute atomic E-state index is 0.194. The van der Waals surface area contributed by atoms with Crippen LogP contribution in [0.2, 0.25) is 0 Å². The number of halogens is 1. The second-order valence-electron chi connectivity index (χ2n) is 4.80. The molecule has 0 radical (unpaired) electrons. The van der Waals surface area contributed by atoms with E-state index in [1.165, 1.54) is 6.07 Å². The van der Waals surface area contributed by atoms with Crippen molar-refractivity contribution in [1.29, 1.82) is 5.26 Å². The second kappa shape index (κ2) is 5.83. The van der Waals surface area contributed by atoms with Crippen LogP contribution in [0.5, 0.6) is 0 Å². The van der Waals surface area contributed by atoms with E-state index in [-0.39, 0.29) is 5.82 Å². The van der Waals surface area contributed by atoms with Crippen LogP contribution in [0, 0.1) is 17.1 Å². The summed E-state index contributed by atoms with van der Waals surface area (Å²) in [6.07, 6.45) is 2.18. The molecule has 0 aliphatic carbocycles. The molecule has 1 aliphatic heterocycles. The summed E-state index contributed by atoms with van der Waals surface area (Å²) in [6.45, 7) is 2.27. The maximum absolute atomic E-state index is 13.2. The highest BCUT2D eigenvalue weighted by atomic mass is 19.1. The molecular weight excluding hydrogens is 229 g/mol. The number of hydrogen-bond donors (Lipinski definition) is 0. The zero-order chi connectivity index (χ0) is 13.0. The number of anilines is 1. The molecule has 18 heavy (non-hydrogen) atoms. The number of benzene rings is 1. The molecule has 0 amide bonds. The number of piperidine rings is 1. The van der Waals surface area contributed by atoms with E-state index in [2.05, 4.69) is 15.9 Å². The molecule has 3 nitrogen and oxygen atoms in total. The lowest BCUT2D eigenvalue weighted by atomic mass is 10.0. The average Bonchev–Trinajstić information content (AvgIpc) is 2.39. The van der Waals surface area contributed by atoms with Crippen molar-refractivity contribution in [3.8, 4) is 6.07 Å². The molecule has 4 heteroatoms. The van der Waals surface area contributed by atoms with Crippen molar-refractivity contribution in [2.75, 3.05) is 31.6 Å². The van der Waals surface area contributed by atoms with Crippen LogP contribution in [0.25, 0.3) is 0 Å². The normalized spacial score (nSPS) is 19.9. The van der Waals surface area contributed by atoms with Gasteiger partial charge in [-0.05, 0) is 38.1 Å². The van der Waals surface area contributed by atoms with E-state index in [1.54, 1.807) is 12.1 Å². The smallest absolute Gasteiger partial charge is 0.125 e. The topological polar surface area (TPSA) is 30.3 Å². The third-order valence-electron chi connectivity index (χ3n) is 3.51. The van der Waals surface area contributed by atoms with Crippen molar-refractivity contribution in [2.45, 2.75) is 18.9 Å². The van der Waals surface area contributed by atoms with Crippen LogP contribution in [-0.2, 0) is 0 Å². The molecule has 1 aliphatic rings. The predicted octanol–water partition coefficient (Wildman–Crippen LogP) is 2.25. The summed E-state index contributed by atoms with van der Waals surface area (Å²) in [7, 11) is 1.98. The Morgan fingerprint density at radius 2 is 2.39 bits per heavy atom. The van der Waals surface area contributed by atoms with Gasteiger partial charge in [0.25, 0.3) is 0 Å². The Morgan fingerprint density at radius 1 is 1.56 bits per heavy atom. The first-order valence-corrected chi connectivity index (χ1v) is 6.28. The van der Waals surface area contributed by atoms with Crippen molar-refractivity contribution in [3.05, 3.63) is 30.1 Å². The Kier molecular flexibility index (Phi) is 4.16. The second-order valence-corrected chi connectivity index (χ2v) is 4.80. The van der Waals surface area contributed by atoms with Gasteiger partial charge in [0.15, 0.2) is 0 Å². The zero-order valence-corrected chi connectivity index (χ0v) is 10.6. The Morgan fingerprint density at radius 3 is 3.11 bits per heavy atom. The van der Waals surface area contributed by atoms with E-state index in [0.29, 0.717) is 12.6 Å². The molecule has 1 aromatic rings. The predicted molar refractivity (Wildman–Crippen MR) is 69.9 cm³/mol. The number of hydrogen-bond acceptors (Lipinski definition) is 3. The highest BCUT2D eigenvalue weighted by molar-refractivity contribution is 5.47. The summed E-state index contributed by atoms with van der Waals surface area (Å²) < 4.78 is 13.2. The first-order valence-electron chi connectivity index (χ1n) is 6.28. The summed E-state index contributed by atoms with van der Waals surface area (Å²) in [6, 6.07) is 9.28. The molecule has 0 saturated carbocycles. The van der Waals surface area contributed by atoms with Gasteiger partial charge in [0.2, 0.25) is 0 Å². The number of rotatable bonds is 3. The molecule has 1 atom stereocenters. The highest BCUT2D eigenvalue weighted by Crippen LogP contribution is 2.22. The Labute approximate surface area is 107 Å². The molecule has 1 fully saturated rings. The lowest BCUT2D eigenvalue weighted by Crippen LogP contribution is -2.46. The zero-order valence-electron chi connectivity index (χ0n) is 10.6. The van der Waals surface area contributed by atoms with Crippen molar-refractivity contribution in [3.63, 3.8) is 0 Å². The van der Waals surface area contributed by atoms with Crippen LogP contribution in [0.3, 0.4) is 0 Å². The standard InChI is InChI=1S/C14H18FN3/c1-17(9-7-16)14-6-3-8-18(11-14)13-5-2-4-12(15)10-13/h2,4-5,10,14H,3,6,8-9,11H2,1H3. The lowest BCUT2D eigenvalue weighted by Gasteiger charge is -2.38. The molecule has 1 aromatic carbocycles. The summed E-state index contributed by atoms with van der Waals surface area (Å²) in [5, 5.41) is 8.73. The molecule has 0 bridgehead atoms. The fourth-order valence-corrected chi connectivity index (χ4v) is 2.46. The number of likely N-dealkylation sites (N-methyl/N-ethyl adjacent to an activating group) is 1. The summed E-state index contributed by atoms with van der Waals surface area (Å²) in [5.74, 6) is -0.194. The molecule has 0 spiro atoms. The number of nitrogens with zero attached hydrogens (tertiary/aromatic N) is 3. The quantitative estimate of drug-likeness (QED) is 0.767. The maximum atomic E-state index is 13.2. The Bertz CT molecular complexity index is 441. The van der Waals surface area contributed by atoms with Crippen LogP contribution >= 0.6 is 0 Å². The SMILES string of the molecule is CN(CC#N)C1CCCN(c2cccc(F)c2)C1. The van der Waals surface area contributed by atoms with Crippen LogP contribution in [0.4, 0.5) is 10.1 Å². The Balaban J connectivity index is 2.05. The minimum atomic E-state index is -0.194. The molecule has 0 aromatic heterocycles. The van der Waals surface area contributed by atoms with Gasteiger partial charge in [-0.3, -0.25) is 4.90 Å². The number of nitriles is 1. The fraction of sp³-hybridized carbons (Fsp3) is 0.500. The summed E-state index contributed by atoms with van der Waals surface area (Å²) >= 11 is 0. The monoisotopic (exact) mass is 247 g/mol. The maximum Gasteiger partial charge on any atom is 0.125 e. The Hall–Kier alpha value is -1.60. The van der Waals surface area contributed by atoms with Crippen LogP contribution < -0.4 is 4.90 Å². The molecule has 1 heterocycles. The van der Waals surface area contributed by atoms with Gasteiger partial charge in [-0.25, -0.2) is 4.39 Å². The summed E-state index contributed by atoms with van der Waals surface area (Å²) in [4.78, 5) is 4.27. The van der Waals surface area contributed by atoms with Crippen molar-refractivity contribution < 1.29 is 4.39 Å². The van der Waals surface area contributed by atoms with Crippen molar-refractivity contribution in [1.82, 2.24) is 4.90 Å². The van der Waals surface area contributed by atoms with Crippen LogP contribution in [0.15, 0.2) is 24.3 Å². The van der Waals surface area contributed by atoms with E-state index in [9.17, 15) is 4.39 Å². The third-order valence-corrected chi connectivity index (χ3v) is 3.51. The largest absolute Gasteiger partial charge is 0.370 e. The first kappa shape index (κ1) is 12.8. The fourth-order valence-electron chi connectivity index (χ4n) is 2.46. The molecule has 96 valence electrons. The van der Waals surface area contributed by atoms with Crippen molar-refractivity contribution in [2.24, 2.45) is 0 Å². The van der Waals surface area contributed by atoms with Gasteiger partial charge in [-0.1, -0.05) is 6.07 Å². The first-order chi connectivity index (χ1) is 8.70. The van der Waals surface area contributed by atoms with E-state index >= 15 is 0 Å². The van der Waals surface area contributed by atoms with E-state index in [1.807, 2.05) is 13.1 Å². The highest BCUT2D eigenvalue weighted by Gasteiger charge is 2.23. The van der Waals surface area contributed by atoms with Gasteiger partial charge >= 0.3 is 0 Å². The van der Waals surface area contributed by atoms with Crippen LogP contribution in [0.1, 0.15) is 12.8 Å². The van der Waals surface area contributed by atoms with Gasteiger partial charge in [-0.2, -0.15) is 5.26 Å². The van der Waals surface area contributed by atoms with Crippen molar-refractivity contribution >= 4 is 5.69 Å². The van der Waals surface area contributed by atoms with E-state index in [0.717, 1.165) is 31.6 Å². The average molecular weight is 247 g/mol. The summed E-state index contributed by atoms with van der Waals surface area (Å²) in [5.41, 5.74) is 0.935. The molecule has 1 unspecified atom stereocenters. The van der Waals surface area contributed by atoms with Gasteiger partial charge in [0.1, 0.15) is 5.82 Å². The van der Waals surface area contributed by atoms with E-state index in [4.69, 9.17) is 5.26 Å². The van der Waals surface area contributed by atoms with Gasteiger partial charge < -0.3 is 4.90 Å². The molecule has 2 rings (SSSR count). The van der Waals surface area contributed by atoms with Gasteiger partial charge in [0, 0.05) is 24.8 Å². The van der Waals surface area contributed by atoms with Crippen LogP contribution in [-0.4, -0.2) is 37.6 Å². The molecular formula is C14H18FN3. The third kappa shape index (κ3) is 2.99. The van der Waals surface area contributed by atoms with Gasteiger partial charge in [-0.15, -0.1) is 0 Å². The van der Waals surface area contributed by atoms with E-state index < -0.39 is 0 Å². The lowest BCUT2D eigenvalue weighted by molar-refractivity contribution is 0.238. The minimum Gasteiger partial charge on any atom is -0.370 e.